The SMILES string of the molecule is C=CCSC(CO)Cc1ccccc1. The molecule has 0 saturated carbocycles. The molecule has 0 aromatic heterocycles. The molecule has 1 N–H and O–H groups in total. The number of thioether (sulfide) groups is 1. The smallest absolute Gasteiger partial charge is 0.0553 e. The van der Waals surface area contributed by atoms with Gasteiger partial charge in [0, 0.05) is 11.0 Å². The van der Waals surface area contributed by atoms with Gasteiger partial charge in [0.25, 0.3) is 0 Å². The van der Waals surface area contributed by atoms with Crippen molar-refractivity contribution >= 4 is 11.8 Å². The lowest BCUT2D eigenvalue weighted by Gasteiger charge is -2.12. The fourth-order valence-corrected chi connectivity index (χ4v) is 2.08. The van der Waals surface area contributed by atoms with Crippen molar-refractivity contribution in [1.82, 2.24) is 0 Å². The van der Waals surface area contributed by atoms with E-state index in [4.69, 9.17) is 5.11 Å². The molecule has 0 spiro atoms. The van der Waals surface area contributed by atoms with E-state index in [1.54, 1.807) is 11.8 Å². The zero-order valence-corrected chi connectivity index (χ0v) is 9.04. The fourth-order valence-electron chi connectivity index (χ4n) is 1.26. The number of rotatable bonds is 6. The van der Waals surface area contributed by atoms with Crippen molar-refractivity contribution < 1.29 is 5.11 Å². The molecule has 0 saturated heterocycles. The summed E-state index contributed by atoms with van der Waals surface area (Å²) in [5.74, 6) is 0.901. The lowest BCUT2D eigenvalue weighted by Crippen LogP contribution is -2.12. The van der Waals surface area contributed by atoms with Crippen LogP contribution in [0.3, 0.4) is 0 Å². The van der Waals surface area contributed by atoms with Gasteiger partial charge in [-0.05, 0) is 12.0 Å². The van der Waals surface area contributed by atoms with Gasteiger partial charge in [-0.1, -0.05) is 36.4 Å². The molecule has 14 heavy (non-hydrogen) atoms. The molecule has 0 fully saturated rings. The number of aliphatic hydroxyl groups is 1. The summed E-state index contributed by atoms with van der Waals surface area (Å²) < 4.78 is 0. The lowest BCUT2D eigenvalue weighted by atomic mass is 10.1. The number of benzene rings is 1. The first-order chi connectivity index (χ1) is 6.86. The Hall–Kier alpha value is -0.730. The van der Waals surface area contributed by atoms with E-state index in [2.05, 4.69) is 18.7 Å². The fraction of sp³-hybridized carbons (Fsp3) is 0.333. The number of aliphatic hydroxyl groups excluding tert-OH is 1. The topological polar surface area (TPSA) is 20.2 Å². The molecule has 1 nitrogen and oxygen atoms in total. The van der Waals surface area contributed by atoms with Gasteiger partial charge in [0.05, 0.1) is 6.61 Å². The second-order valence-electron chi connectivity index (χ2n) is 3.12. The highest BCUT2D eigenvalue weighted by Crippen LogP contribution is 2.15. The van der Waals surface area contributed by atoms with Crippen molar-refractivity contribution in [2.75, 3.05) is 12.4 Å². The molecular weight excluding hydrogens is 192 g/mol. The Morgan fingerprint density at radius 1 is 1.36 bits per heavy atom. The van der Waals surface area contributed by atoms with E-state index in [1.165, 1.54) is 5.56 Å². The van der Waals surface area contributed by atoms with Crippen LogP contribution in [0.1, 0.15) is 5.56 Å². The third-order valence-electron chi connectivity index (χ3n) is 1.96. The summed E-state index contributed by atoms with van der Waals surface area (Å²) in [5, 5.41) is 9.45. The average Bonchev–Trinajstić information content (AvgIpc) is 2.25. The van der Waals surface area contributed by atoms with Gasteiger partial charge in [0.2, 0.25) is 0 Å². The molecule has 1 aromatic carbocycles. The summed E-state index contributed by atoms with van der Waals surface area (Å²) in [6.07, 6.45) is 2.80. The maximum absolute atomic E-state index is 9.16. The molecule has 0 bridgehead atoms. The maximum atomic E-state index is 9.16. The molecule has 0 aliphatic carbocycles. The molecule has 1 rings (SSSR count). The van der Waals surface area contributed by atoms with E-state index in [9.17, 15) is 0 Å². The van der Waals surface area contributed by atoms with E-state index in [-0.39, 0.29) is 11.9 Å². The minimum Gasteiger partial charge on any atom is -0.395 e. The minimum atomic E-state index is 0.230. The van der Waals surface area contributed by atoms with Gasteiger partial charge >= 0.3 is 0 Å². The summed E-state index contributed by atoms with van der Waals surface area (Å²) in [7, 11) is 0. The van der Waals surface area contributed by atoms with Gasteiger partial charge in [-0.2, -0.15) is 11.8 Å². The predicted octanol–water partition coefficient (Wildman–Crippen LogP) is 2.51. The van der Waals surface area contributed by atoms with Crippen molar-refractivity contribution in [1.29, 1.82) is 0 Å². The molecule has 76 valence electrons. The summed E-state index contributed by atoms with van der Waals surface area (Å²) in [6.45, 7) is 3.90. The van der Waals surface area contributed by atoms with Gasteiger partial charge < -0.3 is 5.11 Å². The maximum Gasteiger partial charge on any atom is 0.0553 e. The van der Waals surface area contributed by atoms with Crippen molar-refractivity contribution in [2.24, 2.45) is 0 Å². The molecule has 0 aliphatic heterocycles. The van der Waals surface area contributed by atoms with Crippen molar-refractivity contribution in [3.8, 4) is 0 Å². The molecule has 0 amide bonds. The first kappa shape index (κ1) is 11.3. The Labute approximate surface area is 89.8 Å². The Morgan fingerprint density at radius 3 is 2.64 bits per heavy atom. The summed E-state index contributed by atoms with van der Waals surface area (Å²) in [4.78, 5) is 0. The van der Waals surface area contributed by atoms with Crippen LogP contribution in [0.2, 0.25) is 0 Å². The largest absolute Gasteiger partial charge is 0.395 e. The van der Waals surface area contributed by atoms with E-state index in [0.29, 0.717) is 0 Å². The van der Waals surface area contributed by atoms with Gasteiger partial charge in [-0.3, -0.25) is 0 Å². The highest BCUT2D eigenvalue weighted by Gasteiger charge is 2.07. The minimum absolute atomic E-state index is 0.230. The van der Waals surface area contributed by atoms with Crippen molar-refractivity contribution in [3.05, 3.63) is 48.6 Å². The number of hydrogen-bond acceptors (Lipinski definition) is 2. The molecule has 2 heteroatoms. The highest BCUT2D eigenvalue weighted by molar-refractivity contribution is 8.00. The van der Waals surface area contributed by atoms with Crippen molar-refractivity contribution in [2.45, 2.75) is 11.7 Å². The molecule has 0 aliphatic rings. The predicted molar refractivity (Wildman–Crippen MR) is 63.7 cm³/mol. The third-order valence-corrected chi connectivity index (χ3v) is 3.17. The van der Waals surface area contributed by atoms with Crippen LogP contribution in [0.5, 0.6) is 0 Å². The van der Waals surface area contributed by atoms with E-state index < -0.39 is 0 Å². The van der Waals surface area contributed by atoms with Crippen LogP contribution < -0.4 is 0 Å². The quantitative estimate of drug-likeness (QED) is 0.725. The standard InChI is InChI=1S/C12H16OS/c1-2-8-14-12(10-13)9-11-6-4-3-5-7-11/h2-7,12-13H,1,8-10H2. The Kier molecular flexibility index (Phi) is 5.42. The molecule has 1 aromatic rings. The lowest BCUT2D eigenvalue weighted by molar-refractivity contribution is 0.294. The Morgan fingerprint density at radius 2 is 2.07 bits per heavy atom. The van der Waals surface area contributed by atoms with Gasteiger partial charge in [0.15, 0.2) is 0 Å². The van der Waals surface area contributed by atoms with Gasteiger partial charge in [0.1, 0.15) is 0 Å². The summed E-state index contributed by atoms with van der Waals surface area (Å²) >= 11 is 1.75. The Balaban J connectivity index is 2.44. The highest BCUT2D eigenvalue weighted by atomic mass is 32.2. The zero-order chi connectivity index (χ0) is 10.2. The van der Waals surface area contributed by atoms with Crippen LogP contribution in [-0.2, 0) is 6.42 Å². The third kappa shape index (κ3) is 3.99. The van der Waals surface area contributed by atoms with Crippen LogP contribution in [0.15, 0.2) is 43.0 Å². The molecule has 1 atom stereocenters. The zero-order valence-electron chi connectivity index (χ0n) is 8.23. The molecule has 0 heterocycles. The summed E-state index contributed by atoms with van der Waals surface area (Å²) in [6, 6.07) is 10.3. The normalized spacial score (nSPS) is 12.4. The van der Waals surface area contributed by atoms with Crippen molar-refractivity contribution in [3.63, 3.8) is 0 Å². The number of hydrogen-bond donors (Lipinski definition) is 1. The van der Waals surface area contributed by atoms with E-state index >= 15 is 0 Å². The Bertz CT molecular complexity index is 258. The first-order valence-corrected chi connectivity index (χ1v) is 5.79. The van der Waals surface area contributed by atoms with Crippen LogP contribution in [0.4, 0.5) is 0 Å². The monoisotopic (exact) mass is 208 g/mol. The average molecular weight is 208 g/mol. The van der Waals surface area contributed by atoms with Crippen LogP contribution in [0.25, 0.3) is 0 Å². The van der Waals surface area contributed by atoms with E-state index in [1.807, 2.05) is 24.3 Å². The molecule has 0 radical (unpaired) electrons. The molecular formula is C12H16OS. The van der Waals surface area contributed by atoms with E-state index in [0.717, 1.165) is 12.2 Å². The first-order valence-electron chi connectivity index (χ1n) is 4.74. The van der Waals surface area contributed by atoms with Crippen LogP contribution in [-0.4, -0.2) is 22.7 Å². The van der Waals surface area contributed by atoms with Crippen LogP contribution >= 0.6 is 11.8 Å². The van der Waals surface area contributed by atoms with Gasteiger partial charge in [-0.15, -0.1) is 6.58 Å². The summed E-state index contributed by atoms with van der Waals surface area (Å²) in [5.41, 5.74) is 1.28. The van der Waals surface area contributed by atoms with Crippen LogP contribution in [0, 0.1) is 0 Å². The molecule has 1 unspecified atom stereocenters. The second-order valence-corrected chi connectivity index (χ2v) is 4.45. The van der Waals surface area contributed by atoms with Gasteiger partial charge in [-0.25, -0.2) is 0 Å². The second kappa shape index (κ2) is 6.68.